The molecule has 1 amide bonds. The normalized spacial score (nSPS) is 15.5. The van der Waals surface area contributed by atoms with Crippen LogP contribution in [0.5, 0.6) is 11.5 Å². The minimum atomic E-state index is -0.283. The van der Waals surface area contributed by atoms with Crippen LogP contribution in [0.3, 0.4) is 0 Å². The number of ether oxygens (including phenoxy) is 2. The van der Waals surface area contributed by atoms with Crippen LogP contribution >= 0.6 is 0 Å². The smallest absolute Gasteiger partial charge is 0.261 e. The molecule has 0 saturated heterocycles. The van der Waals surface area contributed by atoms with Crippen molar-refractivity contribution < 1.29 is 14.3 Å². The van der Waals surface area contributed by atoms with E-state index in [4.69, 9.17) is 9.47 Å². The van der Waals surface area contributed by atoms with Gasteiger partial charge in [-0.25, -0.2) is 9.50 Å². The number of nitrogens with one attached hydrogen (secondary N) is 1. The summed E-state index contributed by atoms with van der Waals surface area (Å²) in [7, 11) is 0. The predicted octanol–water partition coefficient (Wildman–Crippen LogP) is 3.32. The number of fused-ring (bicyclic) bond motifs is 2. The molecule has 1 aliphatic rings. The highest BCUT2D eigenvalue weighted by molar-refractivity contribution is 6.08. The van der Waals surface area contributed by atoms with Crippen LogP contribution in [0.1, 0.15) is 41.2 Å². The van der Waals surface area contributed by atoms with Crippen LogP contribution in [0.4, 0.5) is 5.69 Å². The molecule has 0 fully saturated rings. The number of amides is 1. The zero-order valence-corrected chi connectivity index (χ0v) is 15.9. The Morgan fingerprint density at radius 2 is 2.19 bits per heavy atom. The zero-order valence-electron chi connectivity index (χ0n) is 15.9. The summed E-state index contributed by atoms with van der Waals surface area (Å²) < 4.78 is 13.2. The Labute approximate surface area is 157 Å². The van der Waals surface area contributed by atoms with Gasteiger partial charge in [0, 0.05) is 29.4 Å². The standard InChI is InChI=1S/C20H22N4O3/c1-5-26-18-8-14-7-13(4)27-17(14)9-16(18)23-20(25)15-10-21-24-12(3)6-11(2)22-19(15)24/h6,8-10,13H,5,7H2,1-4H3,(H,23,25). The SMILES string of the molecule is CCOc1cc2c(cc1NC(=O)c1cnn3c(C)cc(C)nc13)OC(C)C2. The lowest BCUT2D eigenvalue weighted by molar-refractivity contribution is 0.102. The number of aromatic nitrogens is 3. The number of hydrogen-bond donors (Lipinski definition) is 1. The average molecular weight is 366 g/mol. The minimum Gasteiger partial charge on any atom is -0.492 e. The van der Waals surface area contributed by atoms with E-state index in [2.05, 4.69) is 15.4 Å². The number of benzene rings is 1. The Kier molecular flexibility index (Phi) is 4.22. The molecule has 0 spiro atoms. The third kappa shape index (κ3) is 3.09. The summed E-state index contributed by atoms with van der Waals surface area (Å²) in [5.74, 6) is 1.14. The highest BCUT2D eigenvalue weighted by Crippen LogP contribution is 2.38. The summed E-state index contributed by atoms with van der Waals surface area (Å²) in [6.45, 7) is 8.28. The van der Waals surface area contributed by atoms with Gasteiger partial charge in [0.25, 0.3) is 5.91 Å². The molecule has 3 heterocycles. The van der Waals surface area contributed by atoms with Gasteiger partial charge in [-0.3, -0.25) is 4.79 Å². The van der Waals surface area contributed by atoms with Crippen molar-refractivity contribution in [2.45, 2.75) is 40.2 Å². The zero-order chi connectivity index (χ0) is 19.1. The first-order chi connectivity index (χ1) is 13.0. The quantitative estimate of drug-likeness (QED) is 0.766. The van der Waals surface area contributed by atoms with Gasteiger partial charge >= 0.3 is 0 Å². The van der Waals surface area contributed by atoms with E-state index < -0.39 is 0 Å². The van der Waals surface area contributed by atoms with E-state index in [0.717, 1.165) is 29.1 Å². The van der Waals surface area contributed by atoms with Crippen molar-refractivity contribution in [2.24, 2.45) is 0 Å². The molecule has 7 nitrogen and oxygen atoms in total. The number of nitrogens with zero attached hydrogens (tertiary/aromatic N) is 3. The predicted molar refractivity (Wildman–Crippen MR) is 102 cm³/mol. The molecule has 1 atom stereocenters. The van der Waals surface area contributed by atoms with Crippen molar-refractivity contribution in [3.8, 4) is 11.5 Å². The highest BCUT2D eigenvalue weighted by atomic mass is 16.5. The van der Waals surface area contributed by atoms with E-state index in [1.807, 2.05) is 45.9 Å². The van der Waals surface area contributed by atoms with Gasteiger partial charge in [0.1, 0.15) is 23.2 Å². The Bertz CT molecular complexity index is 1040. The molecule has 1 N–H and O–H groups in total. The van der Waals surface area contributed by atoms with Crippen LogP contribution in [0.2, 0.25) is 0 Å². The van der Waals surface area contributed by atoms with Gasteiger partial charge < -0.3 is 14.8 Å². The lowest BCUT2D eigenvalue weighted by Gasteiger charge is -2.13. The van der Waals surface area contributed by atoms with Gasteiger partial charge in [0.15, 0.2) is 5.65 Å². The summed E-state index contributed by atoms with van der Waals surface area (Å²) in [6, 6.07) is 5.70. The van der Waals surface area contributed by atoms with Crippen molar-refractivity contribution in [1.82, 2.24) is 14.6 Å². The third-order valence-electron chi connectivity index (χ3n) is 4.57. The molecule has 0 aliphatic carbocycles. The second kappa shape index (κ2) is 6.57. The molecule has 0 bridgehead atoms. The largest absolute Gasteiger partial charge is 0.492 e. The second-order valence-electron chi connectivity index (χ2n) is 6.81. The fourth-order valence-corrected chi connectivity index (χ4v) is 3.43. The summed E-state index contributed by atoms with van der Waals surface area (Å²) in [6.07, 6.45) is 2.49. The van der Waals surface area contributed by atoms with Crippen LogP contribution in [-0.2, 0) is 6.42 Å². The van der Waals surface area contributed by atoms with E-state index in [-0.39, 0.29) is 12.0 Å². The third-order valence-corrected chi connectivity index (χ3v) is 4.57. The van der Waals surface area contributed by atoms with Gasteiger partial charge in [-0.05, 0) is 39.8 Å². The monoisotopic (exact) mass is 366 g/mol. The number of carbonyl (C=O) groups is 1. The van der Waals surface area contributed by atoms with Crippen molar-refractivity contribution in [1.29, 1.82) is 0 Å². The van der Waals surface area contributed by atoms with Gasteiger partial charge in [-0.2, -0.15) is 5.10 Å². The van der Waals surface area contributed by atoms with Crippen LogP contribution in [0, 0.1) is 13.8 Å². The minimum absolute atomic E-state index is 0.121. The van der Waals surface area contributed by atoms with Crippen molar-refractivity contribution in [3.05, 3.63) is 46.9 Å². The van der Waals surface area contributed by atoms with Crippen LogP contribution in [0.25, 0.3) is 5.65 Å². The molecule has 0 radical (unpaired) electrons. The molecule has 27 heavy (non-hydrogen) atoms. The molecule has 0 saturated carbocycles. The first-order valence-corrected chi connectivity index (χ1v) is 9.06. The van der Waals surface area contributed by atoms with Crippen molar-refractivity contribution in [2.75, 3.05) is 11.9 Å². The van der Waals surface area contributed by atoms with E-state index in [1.165, 1.54) is 6.20 Å². The molecule has 7 heteroatoms. The maximum Gasteiger partial charge on any atom is 0.261 e. The molecular weight excluding hydrogens is 344 g/mol. The summed E-state index contributed by atoms with van der Waals surface area (Å²) in [5, 5.41) is 7.22. The molecule has 3 aromatic rings. The van der Waals surface area contributed by atoms with Gasteiger partial charge in [0.2, 0.25) is 0 Å². The molecular formula is C20H22N4O3. The first kappa shape index (κ1) is 17.3. The number of aryl methyl sites for hydroxylation is 2. The summed E-state index contributed by atoms with van der Waals surface area (Å²) in [5.41, 5.74) is 4.38. The molecule has 140 valence electrons. The topological polar surface area (TPSA) is 77.8 Å². The van der Waals surface area contributed by atoms with E-state index in [9.17, 15) is 4.79 Å². The Morgan fingerprint density at radius 1 is 1.37 bits per heavy atom. The fourth-order valence-electron chi connectivity index (χ4n) is 3.43. The number of hydrogen-bond acceptors (Lipinski definition) is 5. The maximum atomic E-state index is 12.9. The molecule has 1 unspecified atom stereocenters. The van der Waals surface area contributed by atoms with Crippen molar-refractivity contribution >= 4 is 17.2 Å². The number of carbonyl (C=O) groups excluding carboxylic acids is 1. The average Bonchev–Trinajstić information content (AvgIpc) is 3.17. The summed E-state index contributed by atoms with van der Waals surface area (Å²) in [4.78, 5) is 17.4. The van der Waals surface area contributed by atoms with E-state index in [0.29, 0.717) is 29.3 Å². The Morgan fingerprint density at radius 3 is 2.96 bits per heavy atom. The number of rotatable bonds is 4. The lowest BCUT2D eigenvalue weighted by Crippen LogP contribution is -2.13. The Hall–Kier alpha value is -3.09. The van der Waals surface area contributed by atoms with Crippen LogP contribution < -0.4 is 14.8 Å². The van der Waals surface area contributed by atoms with E-state index in [1.54, 1.807) is 4.52 Å². The maximum absolute atomic E-state index is 12.9. The molecule has 4 rings (SSSR count). The van der Waals surface area contributed by atoms with Gasteiger partial charge in [0.05, 0.1) is 18.5 Å². The van der Waals surface area contributed by atoms with Crippen LogP contribution in [-0.4, -0.2) is 33.2 Å². The van der Waals surface area contributed by atoms with E-state index >= 15 is 0 Å². The Balaban J connectivity index is 1.70. The van der Waals surface area contributed by atoms with Gasteiger partial charge in [-0.15, -0.1) is 0 Å². The number of anilines is 1. The summed E-state index contributed by atoms with van der Waals surface area (Å²) >= 11 is 0. The fraction of sp³-hybridized carbons (Fsp3) is 0.350. The van der Waals surface area contributed by atoms with Crippen LogP contribution in [0.15, 0.2) is 24.4 Å². The first-order valence-electron chi connectivity index (χ1n) is 9.06. The van der Waals surface area contributed by atoms with Crippen molar-refractivity contribution in [3.63, 3.8) is 0 Å². The molecule has 1 aromatic carbocycles. The second-order valence-corrected chi connectivity index (χ2v) is 6.81. The lowest BCUT2D eigenvalue weighted by atomic mass is 10.1. The molecule has 1 aliphatic heterocycles. The van der Waals surface area contributed by atoms with Gasteiger partial charge in [-0.1, -0.05) is 0 Å². The molecule has 2 aromatic heterocycles. The highest BCUT2D eigenvalue weighted by Gasteiger charge is 2.24.